The van der Waals surface area contributed by atoms with E-state index in [2.05, 4.69) is 15.4 Å². The molecule has 0 aromatic heterocycles. The second-order valence-corrected chi connectivity index (χ2v) is 17.5. The van der Waals surface area contributed by atoms with Crippen molar-refractivity contribution >= 4 is 62.3 Å². The van der Waals surface area contributed by atoms with Crippen molar-refractivity contribution in [2.24, 2.45) is 5.92 Å². The van der Waals surface area contributed by atoms with Gasteiger partial charge >= 0.3 is 12.2 Å². The Balaban J connectivity index is 1.15. The predicted molar refractivity (Wildman–Crippen MR) is 215 cm³/mol. The molecule has 2 aliphatic heterocycles. The molecule has 2 saturated carbocycles. The van der Waals surface area contributed by atoms with Gasteiger partial charge in [0, 0.05) is 24.0 Å². The van der Waals surface area contributed by atoms with Gasteiger partial charge in [0.15, 0.2) is 0 Å². The van der Waals surface area contributed by atoms with Gasteiger partial charge in [0.25, 0.3) is 15.9 Å². The summed E-state index contributed by atoms with van der Waals surface area (Å²) in [6.07, 6.45) is 8.58. The van der Waals surface area contributed by atoms with Crippen molar-refractivity contribution in [3.63, 3.8) is 0 Å². The monoisotopic (exact) mass is 833 g/mol. The number of sulfonamides is 1. The molecule has 58 heavy (non-hydrogen) atoms. The minimum Gasteiger partial charge on any atom is -0.446 e. The van der Waals surface area contributed by atoms with Crippen molar-refractivity contribution in [3.05, 3.63) is 89.5 Å². The molecule has 3 N–H and O–H groups in total. The number of hydrogen-bond donors (Lipinski definition) is 3. The summed E-state index contributed by atoms with van der Waals surface area (Å²) in [4.78, 5) is 72.2. The van der Waals surface area contributed by atoms with Gasteiger partial charge in [-0.2, -0.15) is 0 Å². The number of amides is 5. The van der Waals surface area contributed by atoms with E-state index in [1.54, 1.807) is 6.08 Å². The summed E-state index contributed by atoms with van der Waals surface area (Å²) in [5, 5.41) is 7.64. The lowest BCUT2D eigenvalue weighted by Gasteiger charge is -2.41. The number of benzene rings is 3. The van der Waals surface area contributed by atoms with Gasteiger partial charge in [-0.1, -0.05) is 85.1 Å². The van der Waals surface area contributed by atoms with E-state index in [0.29, 0.717) is 19.3 Å². The van der Waals surface area contributed by atoms with E-state index in [4.69, 9.17) is 21.1 Å². The quantitative estimate of drug-likeness (QED) is 0.256. The highest BCUT2D eigenvalue weighted by atomic mass is 35.5. The lowest BCUT2D eigenvalue weighted by molar-refractivity contribution is -0.146. The van der Waals surface area contributed by atoms with Gasteiger partial charge in [-0.05, 0) is 85.9 Å². The molecular formula is C42H48ClN5O9S. The molecule has 1 unspecified atom stereocenters. The summed E-state index contributed by atoms with van der Waals surface area (Å²) < 4.78 is 40.2. The van der Waals surface area contributed by atoms with Crippen LogP contribution in [0, 0.1) is 5.92 Å². The van der Waals surface area contributed by atoms with Crippen molar-refractivity contribution in [1.29, 1.82) is 0 Å². The number of alkyl carbamates (subject to hydrolysis) is 1. The molecule has 3 aromatic carbocycles. The van der Waals surface area contributed by atoms with Crippen LogP contribution in [0.15, 0.2) is 83.8 Å². The van der Waals surface area contributed by atoms with Gasteiger partial charge in [-0.15, -0.1) is 0 Å². The minimum atomic E-state index is -4.39. The Morgan fingerprint density at radius 1 is 0.914 bits per heavy atom. The third kappa shape index (κ3) is 9.42. The van der Waals surface area contributed by atoms with E-state index in [1.165, 1.54) is 34.1 Å². The molecule has 2 aliphatic carbocycles. The highest BCUT2D eigenvalue weighted by Gasteiger charge is 2.61. The molecule has 3 aromatic rings. The molecule has 4 atom stereocenters. The Kier molecular flexibility index (Phi) is 12.6. The van der Waals surface area contributed by atoms with Gasteiger partial charge in [-0.25, -0.2) is 22.7 Å². The lowest BCUT2D eigenvalue weighted by atomic mass is 10.0. The number of ether oxygens (including phenoxy) is 2. The number of carbonyl (C=O) groups is 5. The number of allylic oxidation sites excluding steroid dienone is 1. The zero-order valence-electron chi connectivity index (χ0n) is 32.1. The number of rotatable bonds is 7. The van der Waals surface area contributed by atoms with Crippen molar-refractivity contribution in [3.8, 4) is 0 Å². The molecule has 2 heterocycles. The number of halogens is 1. The molecule has 1 saturated heterocycles. The van der Waals surface area contributed by atoms with Crippen molar-refractivity contribution < 1.29 is 41.9 Å². The van der Waals surface area contributed by atoms with Crippen LogP contribution in [-0.2, 0) is 40.5 Å². The number of nitrogens with zero attached hydrogens (tertiary/aromatic N) is 2. The third-order valence-corrected chi connectivity index (χ3v) is 13.0. The van der Waals surface area contributed by atoms with E-state index >= 15 is 0 Å². The molecule has 7 rings (SSSR count). The zero-order valence-corrected chi connectivity index (χ0v) is 33.6. The number of carbonyl (C=O) groups excluding carboxylic acids is 5. The Bertz CT molecular complexity index is 2190. The van der Waals surface area contributed by atoms with Crippen LogP contribution in [0.4, 0.5) is 9.59 Å². The molecule has 308 valence electrons. The van der Waals surface area contributed by atoms with Gasteiger partial charge < -0.3 is 29.9 Å². The van der Waals surface area contributed by atoms with Crippen LogP contribution < -0.4 is 15.4 Å². The standard InChI is InChI=1S/C42H48ClN5O9S/c43-31-16-11-19-33(24-31)58(54,55)46-39(51)42-25-30(42)15-4-2-1-3-5-21-35(44-40(52)57-32-17-7-8-18-32)38(50)48-23-22-47(26-36(48)37(49)45-42)41(53)56-27-29-14-10-13-28-12-6-9-20-34(28)29/h4,6,9-16,19-20,24,30,32,35-36H,1-3,5,7-8,17-18,21-23,25-27H2,(H,44,52)(H,45,49)(H,46,51)/b15-4+/t30?,35-,36-,42-/m0/s1. The summed E-state index contributed by atoms with van der Waals surface area (Å²) in [5.74, 6) is -2.80. The number of nitrogens with one attached hydrogen (secondary N) is 3. The highest BCUT2D eigenvalue weighted by Crippen LogP contribution is 2.45. The summed E-state index contributed by atoms with van der Waals surface area (Å²) in [6.45, 7) is -0.381. The molecule has 16 heteroatoms. The van der Waals surface area contributed by atoms with E-state index in [1.807, 2.05) is 48.5 Å². The van der Waals surface area contributed by atoms with E-state index < -0.39 is 63.5 Å². The Morgan fingerprint density at radius 3 is 2.48 bits per heavy atom. The largest absolute Gasteiger partial charge is 0.446 e. The van der Waals surface area contributed by atoms with Crippen LogP contribution in [0.2, 0.25) is 5.02 Å². The van der Waals surface area contributed by atoms with Gasteiger partial charge in [-0.3, -0.25) is 14.4 Å². The Labute approximate surface area is 342 Å². The van der Waals surface area contributed by atoms with Crippen molar-refractivity contribution in [2.45, 2.75) is 99.4 Å². The normalized spacial score (nSPS) is 24.9. The van der Waals surface area contributed by atoms with E-state index in [-0.39, 0.29) is 48.7 Å². The molecule has 4 aliphatic rings. The van der Waals surface area contributed by atoms with Crippen LogP contribution in [0.3, 0.4) is 0 Å². The van der Waals surface area contributed by atoms with Gasteiger partial charge in [0.1, 0.15) is 30.3 Å². The molecule has 5 amide bonds. The van der Waals surface area contributed by atoms with Gasteiger partial charge in [0.2, 0.25) is 11.8 Å². The SMILES string of the molecule is O=C(N[C@H]1CCCCC/C=C/C2C[C@]2(C(=O)NS(=O)(=O)c2cccc(Cl)c2)NC(=O)[C@@H]2CN(C(=O)OCc3cccc4ccccc34)CCN2C1=O)OC1CCCC1. The second kappa shape index (κ2) is 17.8. The first-order chi connectivity index (χ1) is 27.9. The van der Waals surface area contributed by atoms with Crippen LogP contribution in [0.25, 0.3) is 10.8 Å². The molecule has 0 bridgehead atoms. The van der Waals surface area contributed by atoms with E-state index in [9.17, 15) is 32.4 Å². The second-order valence-electron chi connectivity index (χ2n) is 15.4. The molecule has 3 fully saturated rings. The zero-order chi connectivity index (χ0) is 40.9. The van der Waals surface area contributed by atoms with Crippen LogP contribution >= 0.6 is 11.6 Å². The summed E-state index contributed by atoms with van der Waals surface area (Å²) >= 11 is 6.05. The summed E-state index contributed by atoms with van der Waals surface area (Å²) in [6, 6.07) is 16.5. The smallest absolute Gasteiger partial charge is 0.410 e. The maximum absolute atomic E-state index is 14.5. The fourth-order valence-electron chi connectivity index (χ4n) is 8.12. The number of fused-ring (bicyclic) bond motifs is 3. The number of piperazine rings is 1. The number of hydrogen-bond acceptors (Lipinski definition) is 9. The Hall–Kier alpha value is -5.15. The third-order valence-electron chi connectivity index (χ3n) is 11.5. The minimum absolute atomic E-state index is 0.0258. The van der Waals surface area contributed by atoms with Crippen molar-refractivity contribution in [1.82, 2.24) is 25.2 Å². The van der Waals surface area contributed by atoms with Crippen molar-refractivity contribution in [2.75, 3.05) is 19.6 Å². The maximum atomic E-state index is 14.5. The first-order valence-electron chi connectivity index (χ1n) is 19.9. The molecule has 0 spiro atoms. The topological polar surface area (TPSA) is 181 Å². The predicted octanol–water partition coefficient (Wildman–Crippen LogP) is 5.58. The molecular weight excluding hydrogens is 786 g/mol. The summed E-state index contributed by atoms with van der Waals surface area (Å²) in [5.41, 5.74) is -0.882. The fraction of sp³-hybridized carbons (Fsp3) is 0.452. The molecule has 0 radical (unpaired) electrons. The average molecular weight is 834 g/mol. The van der Waals surface area contributed by atoms with E-state index in [0.717, 1.165) is 54.9 Å². The van der Waals surface area contributed by atoms with Crippen LogP contribution in [0.1, 0.15) is 69.8 Å². The van der Waals surface area contributed by atoms with Crippen LogP contribution in [-0.4, -0.2) is 91.5 Å². The summed E-state index contributed by atoms with van der Waals surface area (Å²) in [7, 11) is -4.39. The maximum Gasteiger partial charge on any atom is 0.410 e. The molecule has 14 nitrogen and oxygen atoms in total. The highest BCUT2D eigenvalue weighted by molar-refractivity contribution is 7.90. The first-order valence-corrected chi connectivity index (χ1v) is 21.8. The lowest BCUT2D eigenvalue weighted by Crippen LogP contribution is -2.66. The fourth-order valence-corrected chi connectivity index (χ4v) is 9.46. The van der Waals surface area contributed by atoms with Gasteiger partial charge in [0.05, 0.1) is 11.4 Å². The average Bonchev–Trinajstić information content (AvgIpc) is 3.66. The van der Waals surface area contributed by atoms with Crippen LogP contribution in [0.5, 0.6) is 0 Å². The Morgan fingerprint density at radius 2 is 1.67 bits per heavy atom. The first kappa shape index (κ1) is 41.0.